The van der Waals surface area contributed by atoms with Crippen LogP contribution in [-0.2, 0) is 4.79 Å². The van der Waals surface area contributed by atoms with Crippen LogP contribution in [0.25, 0.3) is 0 Å². The van der Waals surface area contributed by atoms with Crippen LogP contribution in [0.2, 0.25) is 0 Å². The van der Waals surface area contributed by atoms with Crippen molar-refractivity contribution in [3.63, 3.8) is 0 Å². The van der Waals surface area contributed by atoms with Crippen LogP contribution in [0, 0.1) is 11.3 Å². The summed E-state index contributed by atoms with van der Waals surface area (Å²) in [5, 5.41) is 8.81. The van der Waals surface area contributed by atoms with Gasteiger partial charge in [0.15, 0.2) is 0 Å². The Kier molecular flexibility index (Phi) is 2.21. The largest absolute Gasteiger partial charge is 0.481 e. The SMILES string of the molecule is CC(C(=O)O)C1(C)CCCC1. The molecule has 11 heavy (non-hydrogen) atoms. The van der Waals surface area contributed by atoms with E-state index >= 15 is 0 Å². The Morgan fingerprint density at radius 3 is 2.27 bits per heavy atom. The molecule has 1 aliphatic rings. The summed E-state index contributed by atoms with van der Waals surface area (Å²) in [7, 11) is 0. The van der Waals surface area contributed by atoms with Gasteiger partial charge in [0.05, 0.1) is 5.92 Å². The molecule has 1 atom stereocenters. The van der Waals surface area contributed by atoms with Crippen molar-refractivity contribution in [2.75, 3.05) is 0 Å². The molecule has 1 N–H and O–H groups in total. The number of hydrogen-bond donors (Lipinski definition) is 1. The molecule has 0 aromatic heterocycles. The molecule has 1 aliphatic carbocycles. The van der Waals surface area contributed by atoms with Crippen molar-refractivity contribution >= 4 is 5.97 Å². The minimum absolute atomic E-state index is 0.0752. The quantitative estimate of drug-likeness (QED) is 0.666. The molecule has 0 heterocycles. The van der Waals surface area contributed by atoms with E-state index < -0.39 is 5.97 Å². The van der Waals surface area contributed by atoms with Crippen molar-refractivity contribution in [2.24, 2.45) is 11.3 Å². The van der Waals surface area contributed by atoms with Crippen molar-refractivity contribution < 1.29 is 9.90 Å². The maximum atomic E-state index is 10.7. The first-order valence-corrected chi connectivity index (χ1v) is 4.29. The smallest absolute Gasteiger partial charge is 0.306 e. The lowest BCUT2D eigenvalue weighted by Crippen LogP contribution is -2.28. The van der Waals surface area contributed by atoms with E-state index in [2.05, 4.69) is 6.92 Å². The van der Waals surface area contributed by atoms with Gasteiger partial charge in [0.1, 0.15) is 0 Å². The summed E-state index contributed by atoms with van der Waals surface area (Å²) in [5.74, 6) is -0.820. The minimum atomic E-state index is -0.644. The molecule has 1 saturated carbocycles. The number of carboxylic acids is 1. The van der Waals surface area contributed by atoms with Crippen molar-refractivity contribution in [2.45, 2.75) is 39.5 Å². The molecule has 0 aromatic carbocycles. The molecule has 2 heteroatoms. The Hall–Kier alpha value is -0.530. The maximum Gasteiger partial charge on any atom is 0.306 e. The lowest BCUT2D eigenvalue weighted by atomic mass is 9.77. The molecule has 0 radical (unpaired) electrons. The van der Waals surface area contributed by atoms with Crippen LogP contribution < -0.4 is 0 Å². The number of rotatable bonds is 2. The molecular formula is C9H16O2. The highest BCUT2D eigenvalue weighted by atomic mass is 16.4. The summed E-state index contributed by atoms with van der Waals surface area (Å²) in [5.41, 5.74) is 0.0752. The third-order valence-electron chi connectivity index (χ3n) is 3.16. The van der Waals surface area contributed by atoms with Gasteiger partial charge in [-0.25, -0.2) is 0 Å². The zero-order valence-electron chi connectivity index (χ0n) is 7.26. The molecule has 64 valence electrons. The van der Waals surface area contributed by atoms with E-state index in [1.165, 1.54) is 12.8 Å². The topological polar surface area (TPSA) is 37.3 Å². The zero-order valence-corrected chi connectivity index (χ0v) is 7.26. The average Bonchev–Trinajstić information content (AvgIpc) is 2.35. The van der Waals surface area contributed by atoms with Gasteiger partial charge in [0.2, 0.25) is 0 Å². The predicted octanol–water partition coefficient (Wildman–Crippen LogP) is 2.29. The molecule has 0 amide bonds. The van der Waals surface area contributed by atoms with E-state index in [1.54, 1.807) is 0 Å². The van der Waals surface area contributed by atoms with Crippen LogP contribution in [0.3, 0.4) is 0 Å². The van der Waals surface area contributed by atoms with Gasteiger partial charge in [0.25, 0.3) is 0 Å². The third-order valence-corrected chi connectivity index (χ3v) is 3.16. The fourth-order valence-corrected chi connectivity index (χ4v) is 1.91. The second-order valence-corrected chi connectivity index (χ2v) is 3.92. The normalized spacial score (nSPS) is 24.9. The minimum Gasteiger partial charge on any atom is -0.481 e. The molecule has 0 aliphatic heterocycles. The monoisotopic (exact) mass is 156 g/mol. The maximum absolute atomic E-state index is 10.7. The Morgan fingerprint density at radius 2 is 1.91 bits per heavy atom. The molecule has 2 nitrogen and oxygen atoms in total. The molecular weight excluding hydrogens is 140 g/mol. The molecule has 0 saturated heterocycles. The van der Waals surface area contributed by atoms with Gasteiger partial charge in [0, 0.05) is 0 Å². The fourth-order valence-electron chi connectivity index (χ4n) is 1.91. The van der Waals surface area contributed by atoms with Crippen LogP contribution in [0.4, 0.5) is 0 Å². The average molecular weight is 156 g/mol. The first-order valence-electron chi connectivity index (χ1n) is 4.29. The van der Waals surface area contributed by atoms with Crippen LogP contribution in [-0.4, -0.2) is 11.1 Å². The highest BCUT2D eigenvalue weighted by molar-refractivity contribution is 5.70. The van der Waals surface area contributed by atoms with E-state index in [4.69, 9.17) is 5.11 Å². The van der Waals surface area contributed by atoms with E-state index in [0.717, 1.165) is 12.8 Å². The van der Waals surface area contributed by atoms with Crippen molar-refractivity contribution in [1.82, 2.24) is 0 Å². The molecule has 1 unspecified atom stereocenters. The van der Waals surface area contributed by atoms with Crippen LogP contribution >= 0.6 is 0 Å². The van der Waals surface area contributed by atoms with Gasteiger partial charge in [-0.15, -0.1) is 0 Å². The summed E-state index contributed by atoms with van der Waals surface area (Å²) in [6, 6.07) is 0. The first-order chi connectivity index (χ1) is 5.06. The molecule has 0 bridgehead atoms. The Bertz CT molecular complexity index is 157. The Morgan fingerprint density at radius 1 is 1.45 bits per heavy atom. The first kappa shape index (κ1) is 8.57. The van der Waals surface area contributed by atoms with E-state index in [1.807, 2.05) is 6.92 Å². The van der Waals surface area contributed by atoms with Gasteiger partial charge in [-0.05, 0) is 18.3 Å². The van der Waals surface area contributed by atoms with Gasteiger partial charge < -0.3 is 5.11 Å². The summed E-state index contributed by atoms with van der Waals surface area (Å²) in [4.78, 5) is 10.7. The predicted molar refractivity (Wildman–Crippen MR) is 43.4 cm³/mol. The summed E-state index contributed by atoms with van der Waals surface area (Å²) in [6.07, 6.45) is 4.57. The summed E-state index contributed by atoms with van der Waals surface area (Å²) < 4.78 is 0. The van der Waals surface area contributed by atoms with Gasteiger partial charge >= 0.3 is 5.97 Å². The van der Waals surface area contributed by atoms with Crippen LogP contribution in [0.15, 0.2) is 0 Å². The molecule has 0 aromatic rings. The fraction of sp³-hybridized carbons (Fsp3) is 0.889. The number of hydrogen-bond acceptors (Lipinski definition) is 1. The Balaban J connectivity index is 2.63. The molecule has 1 rings (SSSR count). The van der Waals surface area contributed by atoms with Crippen LogP contribution in [0.5, 0.6) is 0 Å². The van der Waals surface area contributed by atoms with Gasteiger partial charge in [-0.3, -0.25) is 4.79 Å². The number of carboxylic acid groups (broad SMARTS) is 1. The highest BCUT2D eigenvalue weighted by Crippen LogP contribution is 2.43. The lowest BCUT2D eigenvalue weighted by Gasteiger charge is -2.27. The second-order valence-electron chi connectivity index (χ2n) is 3.92. The van der Waals surface area contributed by atoms with Crippen molar-refractivity contribution in [3.8, 4) is 0 Å². The standard InChI is InChI=1S/C9H16O2/c1-7(8(10)11)9(2)5-3-4-6-9/h7H,3-6H2,1-2H3,(H,10,11). The van der Waals surface area contributed by atoms with Crippen molar-refractivity contribution in [3.05, 3.63) is 0 Å². The van der Waals surface area contributed by atoms with Gasteiger partial charge in [-0.2, -0.15) is 0 Å². The lowest BCUT2D eigenvalue weighted by molar-refractivity contribution is -0.145. The second kappa shape index (κ2) is 2.84. The summed E-state index contributed by atoms with van der Waals surface area (Å²) >= 11 is 0. The highest BCUT2D eigenvalue weighted by Gasteiger charge is 2.37. The number of aliphatic carboxylic acids is 1. The van der Waals surface area contributed by atoms with E-state index in [0.29, 0.717) is 0 Å². The molecule has 0 spiro atoms. The molecule has 1 fully saturated rings. The van der Waals surface area contributed by atoms with Crippen LogP contribution in [0.1, 0.15) is 39.5 Å². The van der Waals surface area contributed by atoms with E-state index in [9.17, 15) is 4.79 Å². The Labute approximate surface area is 67.6 Å². The summed E-state index contributed by atoms with van der Waals surface area (Å²) in [6.45, 7) is 3.92. The zero-order chi connectivity index (χ0) is 8.48. The van der Waals surface area contributed by atoms with Crippen molar-refractivity contribution in [1.29, 1.82) is 0 Å². The van der Waals surface area contributed by atoms with E-state index in [-0.39, 0.29) is 11.3 Å². The number of carbonyl (C=O) groups is 1. The third kappa shape index (κ3) is 1.55. The van der Waals surface area contributed by atoms with Gasteiger partial charge in [-0.1, -0.05) is 26.7 Å².